The molecule has 5 nitrogen and oxygen atoms in total. The van der Waals surface area contributed by atoms with Crippen LogP contribution in [-0.2, 0) is 10.0 Å². The predicted molar refractivity (Wildman–Crippen MR) is 67.1 cm³/mol. The fraction of sp³-hybridized carbons (Fsp3) is 0.500. The van der Waals surface area contributed by atoms with Gasteiger partial charge in [0.05, 0.1) is 11.5 Å². The van der Waals surface area contributed by atoms with E-state index < -0.39 is 28.2 Å². The Balaban J connectivity index is 2.30. The third-order valence-electron chi connectivity index (χ3n) is 3.18. The quantitative estimate of drug-likeness (QED) is 0.915. The standard InChI is InChI=1S/C12H14F3NO4S/c13-12(14,15)20-10-4-1-5-11(7-10)21(18,19)16-6-2-3-9(16)8-17/h1,4-5,7,9,17H,2-3,6,8H2/t9-/m1/s1. The van der Waals surface area contributed by atoms with Crippen molar-refractivity contribution >= 4 is 10.0 Å². The van der Waals surface area contributed by atoms with Crippen molar-refractivity contribution in [3.8, 4) is 5.75 Å². The molecular weight excluding hydrogens is 311 g/mol. The number of halogens is 3. The minimum Gasteiger partial charge on any atom is -0.406 e. The van der Waals surface area contributed by atoms with E-state index in [1.54, 1.807) is 0 Å². The Morgan fingerprint density at radius 3 is 2.71 bits per heavy atom. The molecule has 118 valence electrons. The van der Waals surface area contributed by atoms with Gasteiger partial charge in [0.1, 0.15) is 5.75 Å². The molecule has 1 aromatic rings. The van der Waals surface area contributed by atoms with E-state index >= 15 is 0 Å². The van der Waals surface area contributed by atoms with Gasteiger partial charge in [-0.3, -0.25) is 0 Å². The molecule has 1 aliphatic heterocycles. The van der Waals surface area contributed by atoms with Gasteiger partial charge in [0.25, 0.3) is 0 Å². The van der Waals surface area contributed by atoms with Crippen LogP contribution in [0, 0.1) is 0 Å². The average molecular weight is 325 g/mol. The number of alkyl halides is 3. The van der Waals surface area contributed by atoms with E-state index in [1.165, 1.54) is 12.1 Å². The van der Waals surface area contributed by atoms with Crippen molar-refractivity contribution in [2.24, 2.45) is 0 Å². The highest BCUT2D eigenvalue weighted by molar-refractivity contribution is 7.89. The Morgan fingerprint density at radius 1 is 1.38 bits per heavy atom. The molecule has 0 amide bonds. The third-order valence-corrected chi connectivity index (χ3v) is 5.13. The molecule has 1 aromatic carbocycles. The van der Waals surface area contributed by atoms with Gasteiger partial charge >= 0.3 is 6.36 Å². The molecule has 0 bridgehead atoms. The van der Waals surface area contributed by atoms with Crippen LogP contribution >= 0.6 is 0 Å². The molecule has 0 unspecified atom stereocenters. The molecule has 1 saturated heterocycles. The lowest BCUT2D eigenvalue weighted by Crippen LogP contribution is -2.37. The number of hydrogen-bond acceptors (Lipinski definition) is 4. The SMILES string of the molecule is O=S(=O)(c1cccc(OC(F)(F)F)c1)N1CCC[C@@H]1CO. The first-order valence-corrected chi connectivity index (χ1v) is 7.66. The highest BCUT2D eigenvalue weighted by Gasteiger charge is 2.36. The van der Waals surface area contributed by atoms with Crippen molar-refractivity contribution in [3.63, 3.8) is 0 Å². The number of aliphatic hydroxyl groups is 1. The molecule has 0 saturated carbocycles. The van der Waals surface area contributed by atoms with Gasteiger partial charge in [-0.1, -0.05) is 6.07 Å². The summed E-state index contributed by atoms with van der Waals surface area (Å²) in [6.07, 6.45) is -3.76. The van der Waals surface area contributed by atoms with Crippen LogP contribution in [0.15, 0.2) is 29.2 Å². The van der Waals surface area contributed by atoms with Gasteiger partial charge in [-0.05, 0) is 25.0 Å². The maximum Gasteiger partial charge on any atom is 0.573 e. The summed E-state index contributed by atoms with van der Waals surface area (Å²) < 4.78 is 66.1. The second-order valence-electron chi connectivity index (χ2n) is 4.62. The molecule has 0 aliphatic carbocycles. The molecule has 2 rings (SSSR count). The van der Waals surface area contributed by atoms with E-state index in [0.717, 1.165) is 16.4 Å². The van der Waals surface area contributed by atoms with Gasteiger partial charge in [-0.25, -0.2) is 8.42 Å². The van der Waals surface area contributed by atoms with Gasteiger partial charge in [-0.15, -0.1) is 13.2 Å². The highest BCUT2D eigenvalue weighted by atomic mass is 32.2. The fourth-order valence-corrected chi connectivity index (χ4v) is 4.00. The van der Waals surface area contributed by atoms with E-state index in [9.17, 15) is 26.7 Å². The van der Waals surface area contributed by atoms with Crippen LogP contribution in [0.4, 0.5) is 13.2 Å². The minimum absolute atomic E-state index is 0.234. The van der Waals surface area contributed by atoms with Crippen LogP contribution in [-0.4, -0.2) is 43.4 Å². The smallest absolute Gasteiger partial charge is 0.406 e. The molecule has 1 atom stereocenters. The monoisotopic (exact) mass is 325 g/mol. The van der Waals surface area contributed by atoms with Crippen LogP contribution in [0.25, 0.3) is 0 Å². The van der Waals surface area contributed by atoms with Crippen molar-refractivity contribution in [3.05, 3.63) is 24.3 Å². The van der Waals surface area contributed by atoms with E-state index in [4.69, 9.17) is 0 Å². The van der Waals surface area contributed by atoms with Gasteiger partial charge in [-0.2, -0.15) is 4.31 Å². The molecular formula is C12H14F3NO4S. The molecule has 1 heterocycles. The summed E-state index contributed by atoms with van der Waals surface area (Å²) in [5, 5.41) is 9.17. The summed E-state index contributed by atoms with van der Waals surface area (Å²) in [4.78, 5) is -0.287. The number of hydrogen-bond donors (Lipinski definition) is 1. The topological polar surface area (TPSA) is 66.8 Å². The average Bonchev–Trinajstić information content (AvgIpc) is 2.86. The van der Waals surface area contributed by atoms with Gasteiger partial charge in [0.15, 0.2) is 0 Å². The number of sulfonamides is 1. The van der Waals surface area contributed by atoms with Crippen LogP contribution in [0.3, 0.4) is 0 Å². The highest BCUT2D eigenvalue weighted by Crippen LogP contribution is 2.29. The molecule has 21 heavy (non-hydrogen) atoms. The number of ether oxygens (including phenoxy) is 1. The van der Waals surface area contributed by atoms with E-state index in [1.807, 2.05) is 0 Å². The zero-order chi connectivity index (χ0) is 15.7. The van der Waals surface area contributed by atoms with Crippen LogP contribution < -0.4 is 4.74 Å². The van der Waals surface area contributed by atoms with Crippen molar-refractivity contribution in [1.82, 2.24) is 4.31 Å². The molecule has 1 fully saturated rings. The van der Waals surface area contributed by atoms with E-state index in [2.05, 4.69) is 4.74 Å². The van der Waals surface area contributed by atoms with Crippen molar-refractivity contribution in [2.75, 3.05) is 13.2 Å². The maximum absolute atomic E-state index is 12.4. The predicted octanol–water partition coefficient (Wildman–Crippen LogP) is 1.73. The number of aliphatic hydroxyl groups excluding tert-OH is 1. The molecule has 1 aliphatic rings. The fourth-order valence-electron chi connectivity index (χ4n) is 2.28. The van der Waals surface area contributed by atoms with E-state index in [-0.39, 0.29) is 18.0 Å². The number of nitrogens with zero attached hydrogens (tertiary/aromatic N) is 1. The van der Waals surface area contributed by atoms with Crippen LogP contribution in [0.5, 0.6) is 5.75 Å². The molecule has 9 heteroatoms. The van der Waals surface area contributed by atoms with Crippen molar-refractivity contribution in [2.45, 2.75) is 30.1 Å². The number of benzene rings is 1. The Hall–Kier alpha value is -1.32. The third kappa shape index (κ3) is 3.66. The summed E-state index contributed by atoms with van der Waals surface area (Å²) in [5.74, 6) is -0.594. The van der Waals surface area contributed by atoms with Gasteiger partial charge in [0, 0.05) is 18.7 Å². The summed E-state index contributed by atoms with van der Waals surface area (Å²) >= 11 is 0. The maximum atomic E-state index is 12.4. The van der Waals surface area contributed by atoms with Gasteiger partial charge in [0.2, 0.25) is 10.0 Å². The molecule has 0 radical (unpaired) electrons. The lowest BCUT2D eigenvalue weighted by molar-refractivity contribution is -0.274. The molecule has 0 aromatic heterocycles. The second-order valence-corrected chi connectivity index (χ2v) is 6.51. The van der Waals surface area contributed by atoms with Crippen LogP contribution in [0.1, 0.15) is 12.8 Å². The van der Waals surface area contributed by atoms with Crippen molar-refractivity contribution < 1.29 is 31.4 Å². The largest absolute Gasteiger partial charge is 0.573 e. The Labute approximate surface area is 120 Å². The van der Waals surface area contributed by atoms with E-state index in [0.29, 0.717) is 12.8 Å². The summed E-state index contributed by atoms with van der Waals surface area (Å²) in [6.45, 7) is -0.0874. The Kier molecular flexibility index (Phi) is 4.45. The zero-order valence-corrected chi connectivity index (χ0v) is 11.7. The first-order valence-electron chi connectivity index (χ1n) is 6.22. The molecule has 0 spiro atoms. The van der Waals surface area contributed by atoms with Crippen molar-refractivity contribution in [1.29, 1.82) is 0 Å². The van der Waals surface area contributed by atoms with Crippen LogP contribution in [0.2, 0.25) is 0 Å². The normalized spacial score (nSPS) is 20.7. The summed E-state index contributed by atoms with van der Waals surface area (Å²) in [6, 6.07) is 3.70. The number of rotatable bonds is 4. The van der Waals surface area contributed by atoms with Gasteiger partial charge < -0.3 is 9.84 Å². The second kappa shape index (κ2) is 5.82. The summed E-state index contributed by atoms with van der Waals surface area (Å²) in [5.41, 5.74) is 0. The molecule has 1 N–H and O–H groups in total. The Morgan fingerprint density at radius 2 is 2.10 bits per heavy atom. The Bertz CT molecular complexity index is 603. The lowest BCUT2D eigenvalue weighted by Gasteiger charge is -2.22. The first kappa shape index (κ1) is 16.1. The minimum atomic E-state index is -4.89. The summed E-state index contributed by atoms with van der Waals surface area (Å²) in [7, 11) is -3.95. The lowest BCUT2D eigenvalue weighted by atomic mass is 10.2. The first-order chi connectivity index (χ1) is 9.74. The zero-order valence-electron chi connectivity index (χ0n) is 10.9.